The lowest BCUT2D eigenvalue weighted by molar-refractivity contribution is -0.150. The number of carboxylic acids is 1. The van der Waals surface area contributed by atoms with Gasteiger partial charge in [-0.3, -0.25) is 4.79 Å². The molecule has 0 spiro atoms. The molecule has 0 amide bonds. The van der Waals surface area contributed by atoms with E-state index in [0.29, 0.717) is 17.8 Å². The van der Waals surface area contributed by atoms with Crippen LogP contribution in [0.25, 0.3) is 11.0 Å². The molecule has 1 aromatic heterocycles. The van der Waals surface area contributed by atoms with Gasteiger partial charge in [0.2, 0.25) is 0 Å². The number of aromatic nitrogens is 2. The summed E-state index contributed by atoms with van der Waals surface area (Å²) < 4.78 is 0. The number of fused-ring (bicyclic) bond motifs is 1. The zero-order chi connectivity index (χ0) is 14.2. The maximum atomic E-state index is 11.5. The molecular formula is C14H18N2O3. The van der Waals surface area contributed by atoms with E-state index in [1.807, 2.05) is 13.8 Å². The van der Waals surface area contributed by atoms with Gasteiger partial charge in [-0.25, -0.2) is 4.98 Å². The van der Waals surface area contributed by atoms with Crippen molar-refractivity contribution >= 4 is 17.0 Å². The summed E-state index contributed by atoms with van der Waals surface area (Å²) in [7, 11) is 0. The number of nitrogens with zero attached hydrogens (tertiary/aromatic N) is 1. The van der Waals surface area contributed by atoms with Gasteiger partial charge in [-0.2, -0.15) is 0 Å². The second-order valence-electron chi connectivity index (χ2n) is 5.44. The first-order chi connectivity index (χ1) is 8.83. The normalized spacial score (nSPS) is 14.7. The van der Waals surface area contributed by atoms with Gasteiger partial charge in [0.15, 0.2) is 0 Å². The Morgan fingerprint density at radius 1 is 1.47 bits per heavy atom. The summed E-state index contributed by atoms with van der Waals surface area (Å²) in [6, 6.07) is 4.85. The van der Waals surface area contributed by atoms with E-state index in [2.05, 4.69) is 9.97 Å². The second kappa shape index (κ2) is 4.57. The fourth-order valence-electron chi connectivity index (χ4n) is 2.01. The molecule has 0 radical (unpaired) electrons. The smallest absolute Gasteiger partial charge is 0.310 e. The summed E-state index contributed by atoms with van der Waals surface area (Å²) in [5.41, 5.74) is 0.575. The van der Waals surface area contributed by atoms with Crippen molar-refractivity contribution < 1.29 is 15.0 Å². The Bertz CT molecular complexity index is 618. The Kier molecular flexibility index (Phi) is 3.22. The number of hydrogen-bond acceptors (Lipinski definition) is 3. The van der Waals surface area contributed by atoms with Crippen molar-refractivity contribution in [2.24, 2.45) is 11.3 Å². The molecule has 2 aromatic rings. The van der Waals surface area contributed by atoms with Crippen LogP contribution in [0.4, 0.5) is 0 Å². The molecule has 1 atom stereocenters. The number of phenolic OH excluding ortho intramolecular Hbond substituents is 1. The van der Waals surface area contributed by atoms with Gasteiger partial charge in [0.05, 0.1) is 16.4 Å². The van der Waals surface area contributed by atoms with Gasteiger partial charge >= 0.3 is 5.97 Å². The number of nitrogens with one attached hydrogen (secondary N) is 1. The third-order valence-electron chi connectivity index (χ3n) is 3.81. The molecule has 0 aliphatic rings. The molecule has 1 unspecified atom stereocenters. The first kappa shape index (κ1) is 13.4. The van der Waals surface area contributed by atoms with E-state index >= 15 is 0 Å². The van der Waals surface area contributed by atoms with Crippen LogP contribution >= 0.6 is 0 Å². The van der Waals surface area contributed by atoms with Gasteiger partial charge < -0.3 is 15.2 Å². The molecule has 0 fully saturated rings. The number of aliphatic carboxylic acids is 1. The maximum absolute atomic E-state index is 11.5. The number of benzene rings is 1. The average Bonchev–Trinajstić information content (AvgIpc) is 2.69. The molecule has 3 N–H and O–H groups in total. The van der Waals surface area contributed by atoms with Crippen LogP contribution in [0.15, 0.2) is 18.2 Å². The van der Waals surface area contributed by atoms with Crippen molar-refractivity contribution in [3.63, 3.8) is 0 Å². The molecule has 19 heavy (non-hydrogen) atoms. The predicted molar refractivity (Wildman–Crippen MR) is 72.0 cm³/mol. The quantitative estimate of drug-likeness (QED) is 0.790. The number of rotatable bonds is 4. The van der Waals surface area contributed by atoms with E-state index in [-0.39, 0.29) is 11.7 Å². The Balaban J connectivity index is 2.37. The first-order valence-corrected chi connectivity index (χ1v) is 6.24. The van der Waals surface area contributed by atoms with E-state index in [1.54, 1.807) is 25.1 Å². The molecule has 1 heterocycles. The zero-order valence-corrected chi connectivity index (χ0v) is 11.3. The first-order valence-electron chi connectivity index (χ1n) is 6.24. The molecule has 0 saturated carbocycles. The molecule has 0 bridgehead atoms. The summed E-state index contributed by atoms with van der Waals surface area (Å²) in [4.78, 5) is 18.9. The van der Waals surface area contributed by atoms with Crippen molar-refractivity contribution in [3.8, 4) is 5.75 Å². The highest BCUT2D eigenvalue weighted by molar-refractivity contribution is 5.78. The average molecular weight is 262 g/mol. The van der Waals surface area contributed by atoms with Crippen LogP contribution in [-0.4, -0.2) is 26.2 Å². The van der Waals surface area contributed by atoms with Crippen LogP contribution in [-0.2, 0) is 11.2 Å². The minimum atomic E-state index is -0.865. The standard InChI is InChI=1S/C14H18N2O3/c1-8(2)14(3,13(18)19)7-12-15-10-5-4-9(17)6-11(10)16-12/h4-6,8,17H,7H2,1-3H3,(H,15,16)(H,18,19). The monoisotopic (exact) mass is 262 g/mol. The number of carboxylic acid groups (broad SMARTS) is 1. The van der Waals surface area contributed by atoms with Gasteiger partial charge in [0.25, 0.3) is 0 Å². The number of hydrogen-bond donors (Lipinski definition) is 3. The van der Waals surface area contributed by atoms with Crippen molar-refractivity contribution in [1.29, 1.82) is 0 Å². The number of imidazole rings is 1. The van der Waals surface area contributed by atoms with E-state index in [9.17, 15) is 15.0 Å². The van der Waals surface area contributed by atoms with Crippen molar-refractivity contribution in [1.82, 2.24) is 9.97 Å². The van der Waals surface area contributed by atoms with Crippen molar-refractivity contribution in [3.05, 3.63) is 24.0 Å². The Labute approximate surface area is 111 Å². The SMILES string of the molecule is CC(C)C(C)(Cc1nc2ccc(O)cc2[nH]1)C(=O)O. The van der Waals surface area contributed by atoms with E-state index in [0.717, 1.165) is 5.52 Å². The minimum absolute atomic E-state index is 0.00776. The van der Waals surface area contributed by atoms with Gasteiger partial charge in [0, 0.05) is 12.5 Å². The van der Waals surface area contributed by atoms with E-state index < -0.39 is 11.4 Å². The van der Waals surface area contributed by atoms with Crippen LogP contribution in [0.1, 0.15) is 26.6 Å². The third-order valence-corrected chi connectivity index (χ3v) is 3.81. The third kappa shape index (κ3) is 2.41. The van der Waals surface area contributed by atoms with Gasteiger partial charge in [0.1, 0.15) is 11.6 Å². The lowest BCUT2D eigenvalue weighted by Crippen LogP contribution is -2.35. The number of carbonyl (C=O) groups is 1. The highest BCUT2D eigenvalue weighted by Gasteiger charge is 2.37. The van der Waals surface area contributed by atoms with Crippen LogP contribution < -0.4 is 0 Å². The highest BCUT2D eigenvalue weighted by atomic mass is 16.4. The fraction of sp³-hybridized carbons (Fsp3) is 0.429. The largest absolute Gasteiger partial charge is 0.508 e. The number of aromatic hydroxyl groups is 1. The van der Waals surface area contributed by atoms with Crippen LogP contribution in [0.2, 0.25) is 0 Å². The second-order valence-corrected chi connectivity index (χ2v) is 5.44. The van der Waals surface area contributed by atoms with Crippen molar-refractivity contribution in [2.45, 2.75) is 27.2 Å². The van der Waals surface area contributed by atoms with Crippen LogP contribution in [0.5, 0.6) is 5.75 Å². The van der Waals surface area contributed by atoms with Gasteiger partial charge in [-0.1, -0.05) is 13.8 Å². The Hall–Kier alpha value is -2.04. The molecule has 102 valence electrons. The molecule has 5 heteroatoms. The number of aromatic amines is 1. The summed E-state index contributed by atoms with van der Waals surface area (Å²) in [5, 5.41) is 18.8. The summed E-state index contributed by atoms with van der Waals surface area (Å²) in [6.07, 6.45) is 0.329. The molecule has 2 rings (SSSR count). The van der Waals surface area contributed by atoms with Crippen molar-refractivity contribution in [2.75, 3.05) is 0 Å². The zero-order valence-electron chi connectivity index (χ0n) is 11.3. The lowest BCUT2D eigenvalue weighted by Gasteiger charge is -2.27. The molecule has 5 nitrogen and oxygen atoms in total. The molecule has 1 aromatic carbocycles. The van der Waals surface area contributed by atoms with E-state index in [4.69, 9.17) is 0 Å². The highest BCUT2D eigenvalue weighted by Crippen LogP contribution is 2.31. The van der Waals surface area contributed by atoms with Crippen LogP contribution in [0, 0.1) is 11.3 Å². The van der Waals surface area contributed by atoms with Gasteiger partial charge in [-0.15, -0.1) is 0 Å². The maximum Gasteiger partial charge on any atom is 0.310 e. The van der Waals surface area contributed by atoms with Crippen LogP contribution in [0.3, 0.4) is 0 Å². The van der Waals surface area contributed by atoms with E-state index in [1.165, 1.54) is 0 Å². The fourth-order valence-corrected chi connectivity index (χ4v) is 2.01. The Morgan fingerprint density at radius 2 is 2.16 bits per heavy atom. The molecule has 0 aliphatic heterocycles. The summed E-state index contributed by atoms with van der Waals surface area (Å²) in [6.45, 7) is 5.51. The number of phenols is 1. The molecule has 0 aliphatic carbocycles. The summed E-state index contributed by atoms with van der Waals surface area (Å²) in [5.74, 6) is -0.0517. The molecule has 0 saturated heterocycles. The topological polar surface area (TPSA) is 86.2 Å². The predicted octanol–water partition coefficient (Wildman–Crippen LogP) is 2.56. The van der Waals surface area contributed by atoms with Gasteiger partial charge in [-0.05, 0) is 25.0 Å². The minimum Gasteiger partial charge on any atom is -0.508 e. The summed E-state index contributed by atoms with van der Waals surface area (Å²) >= 11 is 0. The molecular weight excluding hydrogens is 244 g/mol. The lowest BCUT2D eigenvalue weighted by atomic mass is 9.76. The Morgan fingerprint density at radius 3 is 2.74 bits per heavy atom. The number of H-pyrrole nitrogens is 1.